The number of halogens is 1. The molecule has 2 heterocycles. The highest BCUT2D eigenvalue weighted by atomic mass is 35.5. The average molecular weight is 221 g/mol. The predicted octanol–water partition coefficient (Wildman–Crippen LogP) is 2.50. The first-order valence-electron chi connectivity index (χ1n) is 5.37. The quantitative estimate of drug-likeness (QED) is 0.736. The van der Waals surface area contributed by atoms with Crippen LogP contribution in [0.1, 0.15) is 18.4 Å². The van der Waals surface area contributed by atoms with E-state index in [4.69, 9.17) is 11.6 Å². The van der Waals surface area contributed by atoms with E-state index in [0.717, 1.165) is 12.3 Å². The van der Waals surface area contributed by atoms with Gasteiger partial charge in [-0.15, -0.1) is 0 Å². The van der Waals surface area contributed by atoms with E-state index in [9.17, 15) is 0 Å². The number of hydrogen-bond acceptors (Lipinski definition) is 2. The van der Waals surface area contributed by atoms with Crippen LogP contribution in [-0.2, 0) is 0 Å². The number of rotatable bonds is 1. The average Bonchev–Trinajstić information content (AvgIpc) is 2.22. The van der Waals surface area contributed by atoms with Crippen LogP contribution in [0.2, 0.25) is 5.15 Å². The Labute approximate surface area is 94.4 Å². The van der Waals surface area contributed by atoms with Gasteiger partial charge in [-0.2, -0.15) is 0 Å². The summed E-state index contributed by atoms with van der Waals surface area (Å²) in [7, 11) is 0. The molecule has 1 saturated heterocycles. The molecule has 1 N–H and O–H groups in total. The van der Waals surface area contributed by atoms with Gasteiger partial charge in [0.15, 0.2) is 0 Å². The van der Waals surface area contributed by atoms with Gasteiger partial charge in [-0.3, -0.25) is 0 Å². The first kappa shape index (κ1) is 9.37. The first-order valence-corrected chi connectivity index (χ1v) is 5.75. The first-order chi connectivity index (χ1) is 7.33. The maximum Gasteiger partial charge on any atom is 0.129 e. The lowest BCUT2D eigenvalue weighted by Crippen LogP contribution is -2.53. The minimum absolute atomic E-state index is 0.565. The highest BCUT2D eigenvalue weighted by molar-refractivity contribution is 6.29. The van der Waals surface area contributed by atoms with E-state index in [1.807, 2.05) is 12.3 Å². The molecule has 0 aromatic carbocycles. The largest absolute Gasteiger partial charge is 0.313 e. The third-order valence-electron chi connectivity index (χ3n) is 3.42. The molecule has 2 nitrogen and oxygen atoms in total. The molecule has 0 amide bonds. The molecule has 1 aliphatic carbocycles. The molecule has 1 aromatic heterocycles. The van der Waals surface area contributed by atoms with Gasteiger partial charge in [-0.1, -0.05) is 23.7 Å². The van der Waals surface area contributed by atoms with E-state index < -0.39 is 0 Å². The van der Waals surface area contributed by atoms with E-state index in [1.165, 1.54) is 24.1 Å². The van der Waals surface area contributed by atoms with Crippen molar-refractivity contribution >= 4 is 17.2 Å². The van der Waals surface area contributed by atoms with Crippen molar-refractivity contribution in [3.63, 3.8) is 0 Å². The summed E-state index contributed by atoms with van der Waals surface area (Å²) in [5.74, 6) is 0.869. The van der Waals surface area contributed by atoms with Crippen molar-refractivity contribution in [3.8, 4) is 0 Å². The molecule has 3 rings (SSSR count). The van der Waals surface area contributed by atoms with Crippen LogP contribution in [0.15, 0.2) is 24.4 Å². The number of allylic oxidation sites excluding steroid dienone is 1. The van der Waals surface area contributed by atoms with E-state index >= 15 is 0 Å². The number of nitrogens with one attached hydrogen (secondary N) is 1. The van der Waals surface area contributed by atoms with Crippen LogP contribution in [0.3, 0.4) is 0 Å². The normalized spacial score (nSPS) is 29.0. The van der Waals surface area contributed by atoms with Crippen LogP contribution >= 0.6 is 11.6 Å². The Morgan fingerprint density at radius 1 is 1.40 bits per heavy atom. The van der Waals surface area contributed by atoms with Crippen LogP contribution in [0.4, 0.5) is 0 Å². The summed E-state index contributed by atoms with van der Waals surface area (Å²) < 4.78 is 0. The van der Waals surface area contributed by atoms with Gasteiger partial charge in [0.05, 0.1) is 0 Å². The number of fused-ring (bicyclic) bond motifs is 1. The van der Waals surface area contributed by atoms with Crippen molar-refractivity contribution in [1.82, 2.24) is 10.3 Å². The Morgan fingerprint density at radius 3 is 2.93 bits per heavy atom. The fourth-order valence-electron chi connectivity index (χ4n) is 2.35. The summed E-state index contributed by atoms with van der Waals surface area (Å²) in [6, 6.07) is 4.61. The molecule has 78 valence electrons. The molecule has 15 heavy (non-hydrogen) atoms. The summed E-state index contributed by atoms with van der Waals surface area (Å²) in [5, 5.41) is 4.04. The molecule has 2 aliphatic rings. The SMILES string of the molecule is Clc1ccc(C2=CC[C@H]3CN[C@H]3C2)cn1. The molecule has 1 aromatic rings. The number of hydrogen-bond donors (Lipinski definition) is 1. The van der Waals surface area contributed by atoms with Crippen molar-refractivity contribution in [3.05, 3.63) is 35.1 Å². The molecule has 3 heteroatoms. The molecule has 0 spiro atoms. The van der Waals surface area contributed by atoms with Gasteiger partial charge < -0.3 is 5.32 Å². The van der Waals surface area contributed by atoms with Gasteiger partial charge >= 0.3 is 0 Å². The van der Waals surface area contributed by atoms with Crippen LogP contribution in [0.25, 0.3) is 5.57 Å². The fourth-order valence-corrected chi connectivity index (χ4v) is 2.46. The summed E-state index contributed by atoms with van der Waals surface area (Å²) >= 11 is 5.77. The van der Waals surface area contributed by atoms with Crippen molar-refractivity contribution in [1.29, 1.82) is 0 Å². The molecule has 1 aliphatic heterocycles. The second-order valence-electron chi connectivity index (χ2n) is 4.31. The van der Waals surface area contributed by atoms with Crippen LogP contribution < -0.4 is 5.32 Å². The summed E-state index contributed by atoms with van der Waals surface area (Å²) in [6.07, 6.45) is 6.56. The summed E-state index contributed by atoms with van der Waals surface area (Å²) in [5.41, 5.74) is 2.62. The van der Waals surface area contributed by atoms with Crippen molar-refractivity contribution in [2.75, 3.05) is 6.54 Å². The van der Waals surface area contributed by atoms with Gasteiger partial charge in [0.1, 0.15) is 5.15 Å². The summed E-state index contributed by atoms with van der Waals surface area (Å²) in [6.45, 7) is 1.19. The second-order valence-corrected chi connectivity index (χ2v) is 4.70. The van der Waals surface area contributed by atoms with E-state index in [2.05, 4.69) is 22.4 Å². The predicted molar refractivity (Wildman–Crippen MR) is 61.7 cm³/mol. The third-order valence-corrected chi connectivity index (χ3v) is 3.64. The molecular formula is C12H13ClN2. The number of nitrogens with zero attached hydrogens (tertiary/aromatic N) is 1. The lowest BCUT2D eigenvalue weighted by Gasteiger charge is -2.41. The minimum atomic E-state index is 0.565. The topological polar surface area (TPSA) is 24.9 Å². The zero-order valence-corrected chi connectivity index (χ0v) is 9.17. The standard InChI is InChI=1S/C12H13ClN2/c13-12-4-3-9(6-15-12)8-1-2-10-7-14-11(10)5-8/h1,3-4,6,10-11,14H,2,5,7H2/t10-,11-/m0/s1. The Kier molecular flexibility index (Phi) is 2.26. The van der Waals surface area contributed by atoms with Gasteiger partial charge in [0.2, 0.25) is 0 Å². The van der Waals surface area contributed by atoms with Gasteiger partial charge in [0, 0.05) is 18.8 Å². The number of aromatic nitrogens is 1. The zero-order chi connectivity index (χ0) is 10.3. The van der Waals surface area contributed by atoms with Gasteiger partial charge in [-0.05, 0) is 36.0 Å². The van der Waals surface area contributed by atoms with E-state index in [-0.39, 0.29) is 0 Å². The lowest BCUT2D eigenvalue weighted by atomic mass is 9.78. The Balaban J connectivity index is 1.85. The maximum absolute atomic E-state index is 5.77. The van der Waals surface area contributed by atoms with E-state index in [1.54, 1.807) is 0 Å². The van der Waals surface area contributed by atoms with Crippen molar-refractivity contribution in [2.24, 2.45) is 5.92 Å². The van der Waals surface area contributed by atoms with Crippen molar-refractivity contribution < 1.29 is 0 Å². The van der Waals surface area contributed by atoms with Crippen LogP contribution in [0, 0.1) is 5.92 Å². The molecule has 0 bridgehead atoms. The molecule has 1 fully saturated rings. The smallest absolute Gasteiger partial charge is 0.129 e. The van der Waals surface area contributed by atoms with Crippen LogP contribution in [0.5, 0.6) is 0 Å². The lowest BCUT2D eigenvalue weighted by molar-refractivity contribution is 0.231. The molecular weight excluding hydrogens is 208 g/mol. The van der Waals surface area contributed by atoms with E-state index in [0.29, 0.717) is 11.2 Å². The highest BCUT2D eigenvalue weighted by Crippen LogP contribution is 2.34. The van der Waals surface area contributed by atoms with Gasteiger partial charge in [-0.25, -0.2) is 4.98 Å². The molecule has 0 saturated carbocycles. The Bertz CT molecular complexity index is 397. The fraction of sp³-hybridized carbons (Fsp3) is 0.417. The van der Waals surface area contributed by atoms with Gasteiger partial charge in [0.25, 0.3) is 0 Å². The molecule has 2 atom stereocenters. The highest BCUT2D eigenvalue weighted by Gasteiger charge is 2.32. The zero-order valence-electron chi connectivity index (χ0n) is 8.41. The Hall–Kier alpha value is -0.860. The van der Waals surface area contributed by atoms with Crippen LogP contribution in [-0.4, -0.2) is 17.6 Å². The third kappa shape index (κ3) is 1.68. The monoisotopic (exact) mass is 220 g/mol. The minimum Gasteiger partial charge on any atom is -0.313 e. The molecule has 0 radical (unpaired) electrons. The maximum atomic E-state index is 5.77. The summed E-state index contributed by atoms with van der Waals surface area (Å²) in [4.78, 5) is 4.12. The Morgan fingerprint density at radius 2 is 2.33 bits per heavy atom. The van der Waals surface area contributed by atoms with Crippen molar-refractivity contribution in [2.45, 2.75) is 18.9 Å². The second kappa shape index (κ2) is 3.62. The number of pyridine rings is 1. The molecule has 0 unspecified atom stereocenters.